The molecule has 0 spiro atoms. The number of carbonyl (C=O) groups excluding carboxylic acids is 1. The second-order valence-electron chi connectivity index (χ2n) is 5.50. The van der Waals surface area contributed by atoms with Gasteiger partial charge in [-0.25, -0.2) is 4.79 Å². The van der Waals surface area contributed by atoms with Crippen LogP contribution in [0, 0.1) is 5.92 Å². The molecule has 1 aliphatic rings. The summed E-state index contributed by atoms with van der Waals surface area (Å²) in [6.07, 6.45) is 4.73. The molecule has 0 bridgehead atoms. The van der Waals surface area contributed by atoms with Gasteiger partial charge in [-0.15, -0.1) is 11.3 Å². The third-order valence-corrected chi connectivity index (χ3v) is 4.80. The molecule has 0 unspecified atom stereocenters. The zero-order valence-corrected chi connectivity index (χ0v) is 12.7. The topological polar surface area (TPSA) is 32.3 Å². The van der Waals surface area contributed by atoms with E-state index in [0.717, 1.165) is 31.8 Å². The van der Waals surface area contributed by atoms with Gasteiger partial charge >= 0.3 is 6.03 Å². The molecule has 106 valence electrons. The molecule has 1 heterocycles. The van der Waals surface area contributed by atoms with Crippen LogP contribution in [0.2, 0.25) is 0 Å². The van der Waals surface area contributed by atoms with E-state index in [2.05, 4.69) is 23.7 Å². The molecular weight excluding hydrogens is 256 g/mol. The minimum atomic E-state index is 0.0930. The van der Waals surface area contributed by atoms with Crippen LogP contribution in [0.15, 0.2) is 17.5 Å². The predicted molar refractivity (Wildman–Crippen MR) is 80.4 cm³/mol. The van der Waals surface area contributed by atoms with Crippen LogP contribution in [0.5, 0.6) is 0 Å². The van der Waals surface area contributed by atoms with E-state index in [1.165, 1.54) is 17.7 Å². The normalized spacial score (nSPS) is 23.1. The van der Waals surface area contributed by atoms with Crippen LogP contribution in [0.25, 0.3) is 0 Å². The molecule has 1 N–H and O–H groups in total. The largest absolute Gasteiger partial charge is 0.335 e. The number of nitrogens with one attached hydrogen (secondary N) is 1. The quantitative estimate of drug-likeness (QED) is 0.892. The number of nitrogens with zero attached hydrogens (tertiary/aromatic N) is 1. The Labute approximate surface area is 120 Å². The summed E-state index contributed by atoms with van der Waals surface area (Å²) in [7, 11) is 0. The lowest BCUT2D eigenvalue weighted by Crippen LogP contribution is -2.45. The highest BCUT2D eigenvalue weighted by Crippen LogP contribution is 2.23. The number of thiophene rings is 1. The lowest BCUT2D eigenvalue weighted by atomic mass is 9.87. The molecule has 1 fully saturated rings. The van der Waals surface area contributed by atoms with Crippen LogP contribution in [-0.4, -0.2) is 23.5 Å². The first kappa shape index (κ1) is 14.4. The Morgan fingerprint density at radius 2 is 2.16 bits per heavy atom. The molecule has 0 radical (unpaired) electrons. The predicted octanol–water partition coefficient (Wildman–Crippen LogP) is 3.86. The number of hydrogen-bond acceptors (Lipinski definition) is 2. The summed E-state index contributed by atoms with van der Waals surface area (Å²) in [5.41, 5.74) is 0. The first-order valence-corrected chi connectivity index (χ1v) is 8.14. The van der Waals surface area contributed by atoms with E-state index in [-0.39, 0.29) is 6.03 Å². The zero-order chi connectivity index (χ0) is 13.7. The Morgan fingerprint density at radius 3 is 2.74 bits per heavy atom. The summed E-state index contributed by atoms with van der Waals surface area (Å²) in [5, 5.41) is 5.25. The number of carbonyl (C=O) groups is 1. The van der Waals surface area contributed by atoms with Gasteiger partial charge < -0.3 is 10.2 Å². The summed E-state index contributed by atoms with van der Waals surface area (Å²) in [6, 6.07) is 4.59. The van der Waals surface area contributed by atoms with Crippen LogP contribution in [0.3, 0.4) is 0 Å². The van der Waals surface area contributed by atoms with E-state index in [9.17, 15) is 4.79 Å². The van der Waals surface area contributed by atoms with Crippen LogP contribution in [-0.2, 0) is 6.54 Å². The van der Waals surface area contributed by atoms with Gasteiger partial charge in [-0.3, -0.25) is 0 Å². The standard InChI is InChI=1S/C15H24N2OS/c1-3-17(11-14-5-4-10-19-14)15(18)16-13-8-6-12(2)7-9-13/h4-5,10,12-13H,3,6-9,11H2,1-2H3,(H,16,18). The van der Waals surface area contributed by atoms with E-state index >= 15 is 0 Å². The maximum Gasteiger partial charge on any atom is 0.317 e. The van der Waals surface area contributed by atoms with Crippen molar-refractivity contribution >= 4 is 17.4 Å². The molecule has 19 heavy (non-hydrogen) atoms. The molecular formula is C15H24N2OS. The maximum atomic E-state index is 12.3. The highest BCUT2D eigenvalue weighted by molar-refractivity contribution is 7.09. The molecule has 1 aliphatic carbocycles. The summed E-state index contributed by atoms with van der Waals surface area (Å²) < 4.78 is 0. The van der Waals surface area contributed by atoms with Crippen molar-refractivity contribution in [1.82, 2.24) is 10.2 Å². The molecule has 0 saturated heterocycles. The Kier molecular flexibility index (Phi) is 5.25. The fraction of sp³-hybridized carbons (Fsp3) is 0.667. The van der Waals surface area contributed by atoms with Gasteiger partial charge in [0.2, 0.25) is 0 Å². The van der Waals surface area contributed by atoms with Crippen molar-refractivity contribution < 1.29 is 4.79 Å². The molecule has 1 aromatic heterocycles. The molecule has 1 aromatic rings. The summed E-state index contributed by atoms with van der Waals surface area (Å²) in [6.45, 7) is 5.82. The minimum absolute atomic E-state index is 0.0930. The van der Waals surface area contributed by atoms with Crippen molar-refractivity contribution in [1.29, 1.82) is 0 Å². The average Bonchev–Trinajstić information content (AvgIpc) is 2.91. The number of urea groups is 1. The van der Waals surface area contributed by atoms with Crippen LogP contribution < -0.4 is 5.32 Å². The monoisotopic (exact) mass is 280 g/mol. The van der Waals surface area contributed by atoms with Crippen molar-refractivity contribution in [3.05, 3.63) is 22.4 Å². The first-order valence-electron chi connectivity index (χ1n) is 7.27. The van der Waals surface area contributed by atoms with Gasteiger partial charge in [-0.1, -0.05) is 13.0 Å². The summed E-state index contributed by atoms with van der Waals surface area (Å²) in [4.78, 5) is 15.4. The first-order chi connectivity index (χ1) is 9.19. The molecule has 0 atom stereocenters. The highest BCUT2D eigenvalue weighted by Gasteiger charge is 2.21. The van der Waals surface area contributed by atoms with E-state index < -0.39 is 0 Å². The number of rotatable bonds is 4. The Hall–Kier alpha value is -1.03. The van der Waals surface area contributed by atoms with Crippen LogP contribution >= 0.6 is 11.3 Å². The maximum absolute atomic E-state index is 12.3. The van der Waals surface area contributed by atoms with Crippen molar-refractivity contribution in [2.75, 3.05) is 6.54 Å². The fourth-order valence-electron chi connectivity index (χ4n) is 2.59. The fourth-order valence-corrected chi connectivity index (χ4v) is 3.31. The smallest absolute Gasteiger partial charge is 0.317 e. The summed E-state index contributed by atoms with van der Waals surface area (Å²) in [5.74, 6) is 0.821. The van der Waals surface area contributed by atoms with Crippen LogP contribution in [0.1, 0.15) is 44.4 Å². The molecule has 0 aliphatic heterocycles. The molecule has 2 amide bonds. The Bertz CT molecular complexity index is 383. The van der Waals surface area contributed by atoms with Gasteiger partial charge in [0, 0.05) is 17.5 Å². The van der Waals surface area contributed by atoms with E-state index in [4.69, 9.17) is 0 Å². The molecule has 4 heteroatoms. The van der Waals surface area contributed by atoms with Crippen LogP contribution in [0.4, 0.5) is 4.79 Å². The lowest BCUT2D eigenvalue weighted by molar-refractivity contribution is 0.188. The SMILES string of the molecule is CCN(Cc1cccs1)C(=O)NC1CCC(C)CC1. The van der Waals surface area contributed by atoms with Crippen molar-refractivity contribution in [3.63, 3.8) is 0 Å². The molecule has 2 rings (SSSR count). The molecule has 1 saturated carbocycles. The van der Waals surface area contributed by atoms with Gasteiger partial charge in [0.25, 0.3) is 0 Å². The van der Waals surface area contributed by atoms with E-state index in [0.29, 0.717) is 6.04 Å². The third-order valence-electron chi connectivity index (χ3n) is 3.94. The van der Waals surface area contributed by atoms with E-state index in [1.54, 1.807) is 11.3 Å². The summed E-state index contributed by atoms with van der Waals surface area (Å²) >= 11 is 1.71. The highest BCUT2D eigenvalue weighted by atomic mass is 32.1. The van der Waals surface area contributed by atoms with E-state index in [1.807, 2.05) is 17.9 Å². The number of amides is 2. The zero-order valence-electron chi connectivity index (χ0n) is 11.9. The average molecular weight is 280 g/mol. The number of hydrogen-bond donors (Lipinski definition) is 1. The molecule has 3 nitrogen and oxygen atoms in total. The van der Waals surface area contributed by atoms with Gasteiger partial charge in [0.1, 0.15) is 0 Å². The van der Waals surface area contributed by atoms with Gasteiger partial charge in [-0.05, 0) is 50.0 Å². The van der Waals surface area contributed by atoms with Gasteiger partial charge in [0.15, 0.2) is 0 Å². The second kappa shape index (κ2) is 6.94. The van der Waals surface area contributed by atoms with Crippen molar-refractivity contribution in [2.45, 2.75) is 52.1 Å². The van der Waals surface area contributed by atoms with Crippen molar-refractivity contribution in [2.24, 2.45) is 5.92 Å². The second-order valence-corrected chi connectivity index (χ2v) is 6.53. The minimum Gasteiger partial charge on any atom is -0.335 e. The Balaban J connectivity index is 1.83. The van der Waals surface area contributed by atoms with Crippen molar-refractivity contribution in [3.8, 4) is 0 Å². The van der Waals surface area contributed by atoms with Gasteiger partial charge in [0.05, 0.1) is 6.54 Å². The Morgan fingerprint density at radius 1 is 1.42 bits per heavy atom. The third kappa shape index (κ3) is 4.23. The molecule has 0 aromatic carbocycles. The van der Waals surface area contributed by atoms with Gasteiger partial charge in [-0.2, -0.15) is 0 Å². The lowest BCUT2D eigenvalue weighted by Gasteiger charge is -2.29.